The molecule has 0 atom stereocenters. The average Bonchev–Trinajstić information content (AvgIpc) is 3.02. The van der Waals surface area contributed by atoms with Gasteiger partial charge in [-0.3, -0.25) is 0 Å². The van der Waals surface area contributed by atoms with E-state index in [0.717, 1.165) is 40.1 Å². The van der Waals surface area contributed by atoms with E-state index < -0.39 is 0 Å². The number of aryl methyl sites for hydroxylation is 2. The molecule has 0 fully saturated rings. The molecule has 0 aliphatic carbocycles. The fourth-order valence-corrected chi connectivity index (χ4v) is 2.63. The minimum atomic E-state index is 0. The highest BCUT2D eigenvalue weighted by atomic mass is 35.5. The van der Waals surface area contributed by atoms with Crippen LogP contribution in [0.2, 0.25) is 0 Å². The molecule has 2 aromatic carbocycles. The maximum atomic E-state index is 5.41. The summed E-state index contributed by atoms with van der Waals surface area (Å²) in [5.41, 5.74) is 4.08. The maximum Gasteiger partial charge on any atom is 0.231 e. The highest BCUT2D eigenvalue weighted by molar-refractivity contribution is 5.85. The second kappa shape index (κ2) is 6.99. The van der Waals surface area contributed by atoms with Crippen molar-refractivity contribution in [3.05, 3.63) is 59.9 Å². The Morgan fingerprint density at radius 3 is 2.44 bits per heavy atom. The highest BCUT2D eigenvalue weighted by Crippen LogP contribution is 2.35. The number of nitrogens with zero attached hydrogens (tertiary/aromatic N) is 2. The predicted molar refractivity (Wildman–Crippen MR) is 100 cm³/mol. The van der Waals surface area contributed by atoms with Crippen molar-refractivity contribution in [1.29, 1.82) is 0 Å². The van der Waals surface area contributed by atoms with Crippen LogP contribution in [0.4, 0.5) is 11.5 Å². The Morgan fingerprint density at radius 1 is 0.880 bits per heavy atom. The Balaban J connectivity index is 0.00000182. The molecular weight excluding hydrogens is 338 g/mol. The number of fused-ring (bicyclic) bond motifs is 1. The van der Waals surface area contributed by atoms with Crippen molar-refractivity contribution in [2.75, 3.05) is 12.1 Å². The Morgan fingerprint density at radius 2 is 1.64 bits per heavy atom. The summed E-state index contributed by atoms with van der Waals surface area (Å²) in [6.45, 7) is 4.23. The summed E-state index contributed by atoms with van der Waals surface area (Å²) in [6.07, 6.45) is 0. The van der Waals surface area contributed by atoms with Gasteiger partial charge in [0, 0.05) is 23.4 Å². The van der Waals surface area contributed by atoms with E-state index in [0.29, 0.717) is 0 Å². The molecule has 1 aliphatic rings. The van der Waals surface area contributed by atoms with Crippen LogP contribution in [-0.4, -0.2) is 16.8 Å². The van der Waals surface area contributed by atoms with Crippen LogP contribution >= 0.6 is 12.4 Å². The van der Waals surface area contributed by atoms with Gasteiger partial charge in [-0.05, 0) is 26.0 Å². The molecule has 0 spiro atoms. The summed E-state index contributed by atoms with van der Waals surface area (Å²) in [4.78, 5) is 9.01. The number of nitrogens with one attached hydrogen (secondary N) is 1. The molecule has 6 heteroatoms. The van der Waals surface area contributed by atoms with Gasteiger partial charge in [0.15, 0.2) is 11.5 Å². The van der Waals surface area contributed by atoms with Crippen molar-refractivity contribution in [3.63, 3.8) is 0 Å². The Labute approximate surface area is 152 Å². The summed E-state index contributed by atoms with van der Waals surface area (Å²) in [5, 5.41) is 3.31. The van der Waals surface area contributed by atoms with Gasteiger partial charge in [0.05, 0.1) is 5.69 Å². The molecule has 5 nitrogen and oxygen atoms in total. The van der Waals surface area contributed by atoms with Crippen molar-refractivity contribution in [3.8, 4) is 22.8 Å². The molecule has 0 bridgehead atoms. The largest absolute Gasteiger partial charge is 0.454 e. The molecule has 2 heterocycles. The van der Waals surface area contributed by atoms with Crippen LogP contribution in [0.15, 0.2) is 48.5 Å². The summed E-state index contributed by atoms with van der Waals surface area (Å²) in [5.74, 6) is 2.97. The minimum Gasteiger partial charge on any atom is -0.454 e. The Hall–Kier alpha value is -2.79. The molecule has 0 amide bonds. The SMILES string of the molecule is Cc1ccc(-c2cc(Nc3ccc4c(c3)OCO4)nc(C)n2)cc1.Cl. The molecule has 0 saturated carbocycles. The van der Waals surface area contributed by atoms with Gasteiger partial charge in [0.1, 0.15) is 11.6 Å². The number of hydrogen-bond acceptors (Lipinski definition) is 5. The lowest BCUT2D eigenvalue weighted by atomic mass is 10.1. The second-order valence-corrected chi connectivity index (χ2v) is 5.74. The zero-order chi connectivity index (χ0) is 16.5. The number of benzene rings is 2. The van der Waals surface area contributed by atoms with Gasteiger partial charge in [0.25, 0.3) is 0 Å². The lowest BCUT2D eigenvalue weighted by Gasteiger charge is -2.09. The van der Waals surface area contributed by atoms with Crippen LogP contribution in [0.1, 0.15) is 11.4 Å². The Kier molecular flexibility index (Phi) is 4.76. The number of rotatable bonds is 3. The smallest absolute Gasteiger partial charge is 0.231 e. The molecule has 0 saturated heterocycles. The molecule has 0 radical (unpaired) electrons. The first-order chi connectivity index (χ1) is 11.7. The van der Waals surface area contributed by atoms with Crippen molar-refractivity contribution < 1.29 is 9.47 Å². The third kappa shape index (κ3) is 3.67. The van der Waals surface area contributed by atoms with E-state index in [2.05, 4.69) is 46.5 Å². The van der Waals surface area contributed by atoms with Crippen LogP contribution in [0.25, 0.3) is 11.3 Å². The van der Waals surface area contributed by atoms with Gasteiger partial charge in [-0.2, -0.15) is 0 Å². The zero-order valence-corrected chi connectivity index (χ0v) is 14.8. The molecule has 1 aromatic heterocycles. The van der Waals surface area contributed by atoms with E-state index in [1.165, 1.54) is 5.56 Å². The van der Waals surface area contributed by atoms with Crippen molar-refractivity contribution in [1.82, 2.24) is 9.97 Å². The molecule has 128 valence electrons. The van der Waals surface area contributed by atoms with Gasteiger partial charge in [-0.1, -0.05) is 29.8 Å². The summed E-state index contributed by atoms with van der Waals surface area (Å²) in [7, 11) is 0. The number of hydrogen-bond donors (Lipinski definition) is 1. The van der Waals surface area contributed by atoms with Crippen LogP contribution in [0, 0.1) is 13.8 Å². The van der Waals surface area contributed by atoms with Crippen LogP contribution in [0.3, 0.4) is 0 Å². The molecule has 1 aliphatic heterocycles. The van der Waals surface area contributed by atoms with E-state index in [-0.39, 0.29) is 19.2 Å². The standard InChI is InChI=1S/C19H17N3O2.ClH/c1-12-3-5-14(6-4-12)16-10-19(21-13(2)20-16)22-15-7-8-17-18(9-15)24-11-23-17;/h3-10H,11H2,1-2H3,(H,20,21,22);1H. The molecule has 4 rings (SSSR count). The van der Waals surface area contributed by atoms with E-state index in [1.807, 2.05) is 31.2 Å². The third-order valence-electron chi connectivity index (χ3n) is 3.83. The topological polar surface area (TPSA) is 56.3 Å². The van der Waals surface area contributed by atoms with Crippen LogP contribution in [-0.2, 0) is 0 Å². The van der Waals surface area contributed by atoms with Gasteiger partial charge in [0.2, 0.25) is 6.79 Å². The lowest BCUT2D eigenvalue weighted by molar-refractivity contribution is 0.174. The number of ether oxygens (including phenoxy) is 2. The molecule has 25 heavy (non-hydrogen) atoms. The first-order valence-electron chi connectivity index (χ1n) is 7.77. The van der Waals surface area contributed by atoms with E-state index in [1.54, 1.807) is 0 Å². The minimum absolute atomic E-state index is 0. The molecular formula is C19H18ClN3O2. The number of anilines is 2. The van der Waals surface area contributed by atoms with Gasteiger partial charge < -0.3 is 14.8 Å². The zero-order valence-electron chi connectivity index (χ0n) is 13.9. The number of aromatic nitrogens is 2. The molecule has 1 N–H and O–H groups in total. The fraction of sp³-hybridized carbons (Fsp3) is 0.158. The third-order valence-corrected chi connectivity index (χ3v) is 3.83. The van der Waals surface area contributed by atoms with Crippen LogP contribution < -0.4 is 14.8 Å². The highest BCUT2D eigenvalue weighted by Gasteiger charge is 2.13. The first kappa shape index (κ1) is 17.0. The second-order valence-electron chi connectivity index (χ2n) is 5.74. The fourth-order valence-electron chi connectivity index (χ4n) is 2.63. The van der Waals surface area contributed by atoms with E-state index >= 15 is 0 Å². The Bertz CT molecular complexity index is 898. The van der Waals surface area contributed by atoms with Gasteiger partial charge >= 0.3 is 0 Å². The average molecular weight is 356 g/mol. The normalized spacial score (nSPS) is 11.8. The van der Waals surface area contributed by atoms with Crippen molar-refractivity contribution in [2.45, 2.75) is 13.8 Å². The first-order valence-corrected chi connectivity index (χ1v) is 7.77. The predicted octanol–water partition coefficient (Wildman–Crippen LogP) is 4.65. The maximum absolute atomic E-state index is 5.41. The summed E-state index contributed by atoms with van der Waals surface area (Å²) in [6, 6.07) is 16.0. The van der Waals surface area contributed by atoms with Crippen LogP contribution in [0.5, 0.6) is 11.5 Å². The van der Waals surface area contributed by atoms with Crippen molar-refractivity contribution >= 4 is 23.9 Å². The van der Waals surface area contributed by atoms with E-state index in [4.69, 9.17) is 9.47 Å². The van der Waals surface area contributed by atoms with E-state index in [9.17, 15) is 0 Å². The lowest BCUT2D eigenvalue weighted by Crippen LogP contribution is -1.99. The molecule has 0 unspecified atom stereocenters. The summed E-state index contributed by atoms with van der Waals surface area (Å²) < 4.78 is 10.7. The monoisotopic (exact) mass is 355 g/mol. The number of halogens is 1. The van der Waals surface area contributed by atoms with Crippen molar-refractivity contribution in [2.24, 2.45) is 0 Å². The molecule has 3 aromatic rings. The quantitative estimate of drug-likeness (QED) is 0.740. The summed E-state index contributed by atoms with van der Waals surface area (Å²) >= 11 is 0. The van der Waals surface area contributed by atoms with Gasteiger partial charge in [-0.25, -0.2) is 9.97 Å². The van der Waals surface area contributed by atoms with Gasteiger partial charge in [-0.15, -0.1) is 12.4 Å².